The van der Waals surface area contributed by atoms with Crippen molar-refractivity contribution in [2.75, 3.05) is 0 Å². The van der Waals surface area contributed by atoms with E-state index in [1.54, 1.807) is 18.2 Å². The average Bonchev–Trinajstić information content (AvgIpc) is 2.40. The first-order chi connectivity index (χ1) is 8.69. The van der Waals surface area contributed by atoms with Crippen LogP contribution in [0, 0.1) is 0 Å². The second-order valence-electron chi connectivity index (χ2n) is 3.89. The number of ether oxygens (including phenoxy) is 1. The van der Waals surface area contributed by atoms with Crippen molar-refractivity contribution in [3.63, 3.8) is 0 Å². The fourth-order valence-electron chi connectivity index (χ4n) is 1.58. The van der Waals surface area contributed by atoms with Gasteiger partial charge in [-0.3, -0.25) is 0 Å². The Kier molecular flexibility index (Phi) is 4.48. The molecule has 0 bridgehead atoms. The minimum absolute atomic E-state index is 0.478. The van der Waals surface area contributed by atoms with E-state index < -0.39 is 0 Å². The van der Waals surface area contributed by atoms with Crippen molar-refractivity contribution in [3.05, 3.63) is 63.6 Å². The molecule has 2 N–H and O–H groups in total. The van der Waals surface area contributed by atoms with Crippen molar-refractivity contribution in [2.45, 2.75) is 13.2 Å². The highest BCUT2D eigenvalue weighted by molar-refractivity contribution is 6.42. The van der Waals surface area contributed by atoms with E-state index in [1.165, 1.54) is 0 Å². The summed E-state index contributed by atoms with van der Waals surface area (Å²) in [5.74, 6) is 0.697. The van der Waals surface area contributed by atoms with E-state index in [9.17, 15) is 0 Å². The maximum atomic E-state index is 5.91. The summed E-state index contributed by atoms with van der Waals surface area (Å²) in [6.45, 7) is 1.01. The van der Waals surface area contributed by atoms with Crippen molar-refractivity contribution in [1.29, 1.82) is 0 Å². The number of hydrogen-bond donors (Lipinski definition) is 1. The van der Waals surface area contributed by atoms with E-state index in [2.05, 4.69) is 0 Å². The Balaban J connectivity index is 2.04. The van der Waals surface area contributed by atoms with Crippen LogP contribution in [0.3, 0.4) is 0 Å². The molecule has 94 valence electrons. The van der Waals surface area contributed by atoms with Gasteiger partial charge in [0.15, 0.2) is 0 Å². The molecule has 4 heteroatoms. The molecule has 0 fully saturated rings. The van der Waals surface area contributed by atoms with Gasteiger partial charge in [-0.25, -0.2) is 0 Å². The number of rotatable bonds is 4. The van der Waals surface area contributed by atoms with Crippen molar-refractivity contribution in [2.24, 2.45) is 5.73 Å². The lowest BCUT2D eigenvalue weighted by Gasteiger charge is -2.08. The second-order valence-corrected chi connectivity index (χ2v) is 4.70. The van der Waals surface area contributed by atoms with Gasteiger partial charge >= 0.3 is 0 Å². The lowest BCUT2D eigenvalue weighted by Crippen LogP contribution is -1.99. The predicted octanol–water partition coefficient (Wildman–Crippen LogP) is 4.03. The van der Waals surface area contributed by atoms with E-state index in [4.69, 9.17) is 33.7 Å². The van der Waals surface area contributed by atoms with Crippen molar-refractivity contribution >= 4 is 23.2 Å². The lowest BCUT2D eigenvalue weighted by atomic mass is 10.1. The number of benzene rings is 2. The zero-order valence-electron chi connectivity index (χ0n) is 9.70. The van der Waals surface area contributed by atoms with E-state index in [0.717, 1.165) is 11.1 Å². The highest BCUT2D eigenvalue weighted by Gasteiger charge is 2.01. The van der Waals surface area contributed by atoms with Crippen LogP contribution in [0.1, 0.15) is 11.1 Å². The number of nitrogens with two attached hydrogens (primary N) is 1. The first-order valence-electron chi connectivity index (χ1n) is 5.55. The Morgan fingerprint density at radius 1 is 0.944 bits per heavy atom. The van der Waals surface area contributed by atoms with Gasteiger partial charge in [0, 0.05) is 12.6 Å². The number of halogens is 2. The van der Waals surface area contributed by atoms with Gasteiger partial charge < -0.3 is 10.5 Å². The molecule has 2 aromatic rings. The summed E-state index contributed by atoms with van der Waals surface area (Å²) in [4.78, 5) is 0. The minimum Gasteiger partial charge on any atom is -0.489 e. The molecule has 0 radical (unpaired) electrons. The van der Waals surface area contributed by atoms with E-state index in [1.807, 2.05) is 24.3 Å². The molecule has 0 aliphatic heterocycles. The zero-order valence-corrected chi connectivity index (χ0v) is 11.2. The standard InChI is InChI=1S/C14H13Cl2NO/c15-13-5-4-12(7-14(13)16)18-9-11-3-1-2-10(6-11)8-17/h1-7H,8-9,17H2. The molecule has 0 aliphatic rings. The molecular formula is C14H13Cl2NO. The molecule has 2 rings (SSSR count). The zero-order chi connectivity index (χ0) is 13.0. The maximum absolute atomic E-state index is 5.91. The summed E-state index contributed by atoms with van der Waals surface area (Å²) >= 11 is 11.8. The average molecular weight is 282 g/mol. The molecule has 0 heterocycles. The van der Waals surface area contributed by atoms with Crippen molar-refractivity contribution in [1.82, 2.24) is 0 Å². The smallest absolute Gasteiger partial charge is 0.121 e. The summed E-state index contributed by atoms with van der Waals surface area (Å²) in [6.07, 6.45) is 0. The van der Waals surface area contributed by atoms with Crippen LogP contribution in [0.5, 0.6) is 5.75 Å². The van der Waals surface area contributed by atoms with Gasteiger partial charge in [-0.1, -0.05) is 47.5 Å². The lowest BCUT2D eigenvalue weighted by molar-refractivity contribution is 0.306. The third-order valence-corrected chi connectivity index (χ3v) is 3.26. The largest absolute Gasteiger partial charge is 0.489 e. The fraction of sp³-hybridized carbons (Fsp3) is 0.143. The number of hydrogen-bond acceptors (Lipinski definition) is 2. The highest BCUT2D eigenvalue weighted by atomic mass is 35.5. The van der Waals surface area contributed by atoms with Gasteiger partial charge in [0.1, 0.15) is 12.4 Å². The topological polar surface area (TPSA) is 35.2 Å². The Morgan fingerprint density at radius 2 is 1.72 bits per heavy atom. The van der Waals surface area contributed by atoms with Gasteiger partial charge in [-0.15, -0.1) is 0 Å². The minimum atomic E-state index is 0.478. The highest BCUT2D eigenvalue weighted by Crippen LogP contribution is 2.26. The Hall–Kier alpha value is -1.22. The van der Waals surface area contributed by atoms with Crippen LogP contribution < -0.4 is 10.5 Å². The first-order valence-corrected chi connectivity index (χ1v) is 6.30. The molecular weight excluding hydrogens is 269 g/mol. The fourth-order valence-corrected chi connectivity index (χ4v) is 1.87. The van der Waals surface area contributed by atoms with Crippen molar-refractivity contribution in [3.8, 4) is 5.75 Å². The summed E-state index contributed by atoms with van der Waals surface area (Å²) in [5.41, 5.74) is 7.75. The molecule has 0 aromatic heterocycles. The summed E-state index contributed by atoms with van der Waals surface area (Å²) < 4.78 is 5.64. The Morgan fingerprint density at radius 3 is 2.44 bits per heavy atom. The normalized spacial score (nSPS) is 10.4. The Labute approximate surface area is 116 Å². The summed E-state index contributed by atoms with van der Waals surface area (Å²) in [6, 6.07) is 13.2. The van der Waals surface area contributed by atoms with Crippen molar-refractivity contribution < 1.29 is 4.74 Å². The third-order valence-electron chi connectivity index (χ3n) is 2.52. The van der Waals surface area contributed by atoms with Gasteiger partial charge in [0.2, 0.25) is 0 Å². The molecule has 2 aromatic carbocycles. The van der Waals surface area contributed by atoms with Gasteiger partial charge in [-0.05, 0) is 23.3 Å². The molecule has 0 aliphatic carbocycles. The van der Waals surface area contributed by atoms with Crippen LogP contribution in [0.15, 0.2) is 42.5 Å². The molecule has 0 atom stereocenters. The monoisotopic (exact) mass is 281 g/mol. The van der Waals surface area contributed by atoms with Crippen LogP contribution >= 0.6 is 23.2 Å². The first kappa shape index (κ1) is 13.2. The van der Waals surface area contributed by atoms with Crippen LogP contribution in [0.25, 0.3) is 0 Å². The summed E-state index contributed by atoms with van der Waals surface area (Å²) in [5, 5.41) is 1.01. The van der Waals surface area contributed by atoms with Crippen LogP contribution in [-0.2, 0) is 13.2 Å². The van der Waals surface area contributed by atoms with Gasteiger partial charge in [0.05, 0.1) is 10.0 Å². The van der Waals surface area contributed by atoms with Crippen LogP contribution in [0.4, 0.5) is 0 Å². The van der Waals surface area contributed by atoms with E-state index in [-0.39, 0.29) is 0 Å². The van der Waals surface area contributed by atoms with Gasteiger partial charge in [-0.2, -0.15) is 0 Å². The molecule has 0 saturated carbocycles. The van der Waals surface area contributed by atoms with Gasteiger partial charge in [0.25, 0.3) is 0 Å². The molecule has 0 saturated heterocycles. The quantitative estimate of drug-likeness (QED) is 0.918. The van der Waals surface area contributed by atoms with E-state index in [0.29, 0.717) is 28.9 Å². The molecule has 2 nitrogen and oxygen atoms in total. The van der Waals surface area contributed by atoms with E-state index >= 15 is 0 Å². The summed E-state index contributed by atoms with van der Waals surface area (Å²) in [7, 11) is 0. The predicted molar refractivity (Wildman–Crippen MR) is 75.1 cm³/mol. The van der Waals surface area contributed by atoms with Crippen LogP contribution in [0.2, 0.25) is 10.0 Å². The maximum Gasteiger partial charge on any atom is 0.121 e. The molecule has 18 heavy (non-hydrogen) atoms. The SMILES string of the molecule is NCc1cccc(COc2ccc(Cl)c(Cl)c2)c1. The third kappa shape index (κ3) is 3.39. The molecule has 0 unspecified atom stereocenters. The molecule has 0 amide bonds. The molecule has 0 spiro atoms. The Bertz CT molecular complexity index is 543. The van der Waals surface area contributed by atoms with Crippen LogP contribution in [-0.4, -0.2) is 0 Å². The second kappa shape index (κ2) is 6.10.